The van der Waals surface area contributed by atoms with Gasteiger partial charge in [0.05, 0.1) is 18.0 Å². The van der Waals surface area contributed by atoms with E-state index in [9.17, 15) is 9.59 Å². The summed E-state index contributed by atoms with van der Waals surface area (Å²) in [5.41, 5.74) is 3.57. The topological polar surface area (TPSA) is 97.9 Å². The fourth-order valence-corrected chi connectivity index (χ4v) is 2.75. The number of pyridine rings is 1. The minimum absolute atomic E-state index is 0.0305. The molecular formula is C16H18ClN7O2. The molecule has 0 saturated carbocycles. The second kappa shape index (κ2) is 6.75. The van der Waals surface area contributed by atoms with Gasteiger partial charge in [-0.3, -0.25) is 20.0 Å². The molecule has 0 saturated heterocycles. The van der Waals surface area contributed by atoms with Crippen LogP contribution in [0.2, 0.25) is 5.02 Å². The number of halogens is 1. The van der Waals surface area contributed by atoms with Crippen LogP contribution in [0.4, 0.5) is 5.69 Å². The van der Waals surface area contributed by atoms with Crippen molar-refractivity contribution in [3.05, 3.63) is 45.6 Å². The van der Waals surface area contributed by atoms with E-state index in [-0.39, 0.29) is 11.1 Å². The van der Waals surface area contributed by atoms with Crippen LogP contribution < -0.4 is 16.0 Å². The van der Waals surface area contributed by atoms with E-state index in [0.717, 1.165) is 10.1 Å². The Labute approximate surface area is 154 Å². The number of hydrazine groups is 1. The number of carbonyl (C=O) groups is 1. The second-order valence-corrected chi connectivity index (χ2v) is 6.47. The average molecular weight is 376 g/mol. The Kier molecular flexibility index (Phi) is 4.64. The molecule has 3 aromatic rings. The zero-order chi connectivity index (χ0) is 19.0. The van der Waals surface area contributed by atoms with Gasteiger partial charge in [0.15, 0.2) is 5.65 Å². The van der Waals surface area contributed by atoms with Gasteiger partial charge in [-0.2, -0.15) is 10.2 Å². The van der Waals surface area contributed by atoms with Crippen molar-refractivity contribution in [1.82, 2.24) is 30.0 Å². The number of nitrogens with one attached hydrogen (secondary N) is 1. The van der Waals surface area contributed by atoms with Gasteiger partial charge in [-0.25, -0.2) is 14.3 Å². The maximum absolute atomic E-state index is 12.5. The van der Waals surface area contributed by atoms with E-state index in [4.69, 9.17) is 11.6 Å². The number of aromatic nitrogens is 5. The van der Waals surface area contributed by atoms with Crippen LogP contribution in [0.25, 0.3) is 11.0 Å². The SMILES string of the molecule is CC(C)n1ncc2cc(C(=O)NN(C)c3cnn(C)c(=O)c3Cl)cnc21. The van der Waals surface area contributed by atoms with E-state index in [2.05, 4.69) is 20.6 Å². The fourth-order valence-electron chi connectivity index (χ4n) is 2.46. The molecule has 0 aliphatic heterocycles. The summed E-state index contributed by atoms with van der Waals surface area (Å²) in [5, 5.41) is 10.3. The molecule has 0 fully saturated rings. The van der Waals surface area contributed by atoms with Gasteiger partial charge < -0.3 is 0 Å². The van der Waals surface area contributed by atoms with E-state index in [0.29, 0.717) is 16.9 Å². The van der Waals surface area contributed by atoms with Crippen molar-refractivity contribution >= 4 is 34.2 Å². The average Bonchev–Trinajstić information content (AvgIpc) is 3.03. The third kappa shape index (κ3) is 3.13. The number of carbonyl (C=O) groups excluding carboxylic acids is 1. The first kappa shape index (κ1) is 17.9. The molecule has 0 spiro atoms. The van der Waals surface area contributed by atoms with Crippen molar-refractivity contribution in [2.45, 2.75) is 19.9 Å². The van der Waals surface area contributed by atoms with Crippen molar-refractivity contribution in [2.24, 2.45) is 7.05 Å². The Morgan fingerprint density at radius 1 is 1.27 bits per heavy atom. The van der Waals surface area contributed by atoms with Crippen LogP contribution in [-0.2, 0) is 7.05 Å². The molecule has 1 amide bonds. The Bertz CT molecular complexity index is 1040. The van der Waals surface area contributed by atoms with Gasteiger partial charge in [0.2, 0.25) is 0 Å². The summed E-state index contributed by atoms with van der Waals surface area (Å²) in [7, 11) is 3.07. The smallest absolute Gasteiger partial charge is 0.285 e. The van der Waals surface area contributed by atoms with Crippen LogP contribution in [0, 0.1) is 0 Å². The van der Waals surface area contributed by atoms with E-state index >= 15 is 0 Å². The molecule has 3 rings (SSSR count). The number of hydrogen-bond acceptors (Lipinski definition) is 6. The molecular weight excluding hydrogens is 358 g/mol. The molecule has 1 N–H and O–H groups in total. The van der Waals surface area contributed by atoms with Crippen molar-refractivity contribution < 1.29 is 4.79 Å². The zero-order valence-electron chi connectivity index (χ0n) is 14.8. The van der Waals surface area contributed by atoms with Gasteiger partial charge in [-0.05, 0) is 19.9 Å². The maximum Gasteiger partial charge on any atom is 0.287 e. The molecule has 3 heterocycles. The Balaban J connectivity index is 1.85. The number of anilines is 1. The van der Waals surface area contributed by atoms with Crippen LogP contribution >= 0.6 is 11.6 Å². The first-order chi connectivity index (χ1) is 12.3. The highest BCUT2D eigenvalue weighted by atomic mass is 35.5. The number of rotatable bonds is 4. The molecule has 3 aromatic heterocycles. The molecule has 0 atom stereocenters. The lowest BCUT2D eigenvalue weighted by atomic mass is 10.2. The molecule has 0 unspecified atom stereocenters. The number of aryl methyl sites for hydroxylation is 1. The minimum Gasteiger partial charge on any atom is -0.285 e. The first-order valence-electron chi connectivity index (χ1n) is 7.89. The number of hydrogen-bond donors (Lipinski definition) is 1. The van der Waals surface area contributed by atoms with Gasteiger partial charge in [0.1, 0.15) is 10.7 Å². The number of fused-ring (bicyclic) bond motifs is 1. The lowest BCUT2D eigenvalue weighted by Gasteiger charge is -2.20. The summed E-state index contributed by atoms with van der Waals surface area (Å²) in [4.78, 5) is 28.7. The van der Waals surface area contributed by atoms with E-state index < -0.39 is 11.5 Å². The van der Waals surface area contributed by atoms with Crippen LogP contribution in [0.1, 0.15) is 30.2 Å². The minimum atomic E-state index is -0.450. The normalized spacial score (nSPS) is 11.2. The van der Waals surface area contributed by atoms with Gasteiger partial charge in [-0.1, -0.05) is 11.6 Å². The molecule has 0 radical (unpaired) electrons. The van der Waals surface area contributed by atoms with Gasteiger partial charge in [-0.15, -0.1) is 0 Å². The highest BCUT2D eigenvalue weighted by Crippen LogP contribution is 2.19. The molecule has 10 heteroatoms. The van der Waals surface area contributed by atoms with E-state index in [1.807, 2.05) is 13.8 Å². The Hall–Kier alpha value is -2.94. The van der Waals surface area contributed by atoms with Crippen molar-refractivity contribution in [3.8, 4) is 0 Å². The molecule has 0 bridgehead atoms. The summed E-state index contributed by atoms with van der Waals surface area (Å²) in [6.45, 7) is 4.01. The molecule has 0 aromatic carbocycles. The highest BCUT2D eigenvalue weighted by Gasteiger charge is 2.16. The first-order valence-corrected chi connectivity index (χ1v) is 8.27. The highest BCUT2D eigenvalue weighted by molar-refractivity contribution is 6.33. The summed E-state index contributed by atoms with van der Waals surface area (Å²) >= 11 is 6.04. The maximum atomic E-state index is 12.5. The van der Waals surface area contributed by atoms with Crippen LogP contribution in [0.5, 0.6) is 0 Å². The van der Waals surface area contributed by atoms with Crippen LogP contribution in [0.3, 0.4) is 0 Å². The van der Waals surface area contributed by atoms with Gasteiger partial charge >= 0.3 is 0 Å². The Morgan fingerprint density at radius 2 is 2.00 bits per heavy atom. The Morgan fingerprint density at radius 3 is 2.69 bits per heavy atom. The largest absolute Gasteiger partial charge is 0.287 e. The van der Waals surface area contributed by atoms with Gasteiger partial charge in [0, 0.05) is 31.7 Å². The standard InChI is InChI=1S/C16H18ClN7O2/c1-9(2)24-14-10(7-20-24)5-11(6-18-14)15(25)21-22(3)12-8-19-23(4)16(26)13(12)17/h5-9H,1-4H3,(H,21,25). The van der Waals surface area contributed by atoms with Crippen molar-refractivity contribution in [2.75, 3.05) is 12.1 Å². The van der Waals surface area contributed by atoms with Crippen molar-refractivity contribution in [3.63, 3.8) is 0 Å². The fraction of sp³-hybridized carbons (Fsp3) is 0.312. The molecule has 0 aliphatic carbocycles. The molecule has 9 nitrogen and oxygen atoms in total. The second-order valence-electron chi connectivity index (χ2n) is 6.09. The zero-order valence-corrected chi connectivity index (χ0v) is 15.5. The third-order valence-electron chi connectivity index (χ3n) is 3.88. The van der Waals surface area contributed by atoms with E-state index in [1.54, 1.807) is 24.0 Å². The summed E-state index contributed by atoms with van der Waals surface area (Å²) in [6, 6.07) is 1.88. The molecule has 136 valence electrons. The van der Waals surface area contributed by atoms with Crippen molar-refractivity contribution in [1.29, 1.82) is 0 Å². The van der Waals surface area contributed by atoms with Crippen LogP contribution in [-0.4, -0.2) is 37.5 Å². The lowest BCUT2D eigenvalue weighted by molar-refractivity contribution is 0.0951. The number of amides is 1. The molecule has 26 heavy (non-hydrogen) atoms. The molecule has 0 aliphatic rings. The van der Waals surface area contributed by atoms with Gasteiger partial charge in [0.25, 0.3) is 11.5 Å². The summed E-state index contributed by atoms with van der Waals surface area (Å²) in [5.74, 6) is -0.393. The van der Waals surface area contributed by atoms with E-state index in [1.165, 1.54) is 24.5 Å². The quantitative estimate of drug-likeness (QED) is 0.694. The predicted molar refractivity (Wildman–Crippen MR) is 98.3 cm³/mol. The summed E-state index contributed by atoms with van der Waals surface area (Å²) in [6.07, 6.45) is 4.55. The number of nitrogens with zero attached hydrogens (tertiary/aromatic N) is 6. The lowest BCUT2D eigenvalue weighted by Crippen LogP contribution is -2.40. The predicted octanol–water partition coefficient (Wildman–Crippen LogP) is 1.54. The third-order valence-corrected chi connectivity index (χ3v) is 4.23. The monoisotopic (exact) mass is 375 g/mol. The van der Waals surface area contributed by atoms with Crippen LogP contribution in [0.15, 0.2) is 29.5 Å². The summed E-state index contributed by atoms with van der Waals surface area (Å²) < 4.78 is 2.90.